The minimum atomic E-state index is -0.744. The van der Waals surface area contributed by atoms with Gasteiger partial charge in [-0.25, -0.2) is 9.18 Å². The molecule has 44 heavy (non-hydrogen) atoms. The lowest BCUT2D eigenvalue weighted by molar-refractivity contribution is -0.141. The highest BCUT2D eigenvalue weighted by Gasteiger charge is 2.23. The van der Waals surface area contributed by atoms with Crippen molar-refractivity contribution in [3.63, 3.8) is 0 Å². The van der Waals surface area contributed by atoms with Gasteiger partial charge < -0.3 is 19.7 Å². The van der Waals surface area contributed by atoms with E-state index in [1.807, 2.05) is 18.2 Å². The van der Waals surface area contributed by atoms with Gasteiger partial charge in [0.2, 0.25) is 0 Å². The van der Waals surface area contributed by atoms with E-state index in [1.54, 1.807) is 85.8 Å². The monoisotopic (exact) mass is 594 g/mol. The van der Waals surface area contributed by atoms with Crippen molar-refractivity contribution in [2.75, 3.05) is 30.5 Å². The minimum Gasteiger partial charge on any atom is -0.494 e. The fourth-order valence-corrected chi connectivity index (χ4v) is 4.68. The molecular weight excluding hydrogens is 559 g/mol. The van der Waals surface area contributed by atoms with Crippen molar-refractivity contribution in [3.8, 4) is 5.75 Å². The second kappa shape index (κ2) is 15.3. The van der Waals surface area contributed by atoms with Crippen molar-refractivity contribution in [2.45, 2.75) is 25.8 Å². The minimum absolute atomic E-state index is 0.153. The van der Waals surface area contributed by atoms with Gasteiger partial charge in [0.05, 0.1) is 19.4 Å². The van der Waals surface area contributed by atoms with Gasteiger partial charge >= 0.3 is 5.97 Å². The summed E-state index contributed by atoms with van der Waals surface area (Å²) in [6.07, 6.45) is 0.770. The van der Waals surface area contributed by atoms with E-state index in [4.69, 9.17) is 9.47 Å². The van der Waals surface area contributed by atoms with Crippen molar-refractivity contribution in [1.82, 2.24) is 0 Å². The molecule has 8 heteroatoms. The Labute approximate surface area is 256 Å². The van der Waals surface area contributed by atoms with Crippen LogP contribution < -0.4 is 15.0 Å². The molecule has 1 amide bonds. The highest BCUT2D eigenvalue weighted by molar-refractivity contribution is 6.12. The molecular formula is C36H35FN2O5. The Bertz CT molecular complexity index is 1600. The van der Waals surface area contributed by atoms with Crippen LogP contribution in [0.2, 0.25) is 0 Å². The third-order valence-corrected chi connectivity index (χ3v) is 6.93. The predicted octanol–water partition coefficient (Wildman–Crippen LogP) is 6.63. The third kappa shape index (κ3) is 8.19. The second-order valence-electron chi connectivity index (χ2n) is 10.2. The first-order chi connectivity index (χ1) is 21.3. The van der Waals surface area contributed by atoms with Crippen molar-refractivity contribution in [3.05, 3.63) is 138 Å². The van der Waals surface area contributed by atoms with Crippen molar-refractivity contribution in [1.29, 1.82) is 0 Å². The summed E-state index contributed by atoms with van der Waals surface area (Å²) in [5.74, 6) is -0.834. The van der Waals surface area contributed by atoms with Crippen LogP contribution in [0.1, 0.15) is 34.8 Å². The van der Waals surface area contributed by atoms with Crippen LogP contribution in [0.4, 0.5) is 15.8 Å². The normalized spacial score (nSPS) is 11.2. The van der Waals surface area contributed by atoms with Crippen LogP contribution >= 0.6 is 0 Å². The number of nitrogens with one attached hydrogen (secondary N) is 1. The Kier molecular flexibility index (Phi) is 11.0. The summed E-state index contributed by atoms with van der Waals surface area (Å²) in [6, 6.07) is 28.7. The zero-order valence-corrected chi connectivity index (χ0v) is 24.8. The average Bonchev–Trinajstić information content (AvgIpc) is 3.05. The summed E-state index contributed by atoms with van der Waals surface area (Å²) in [7, 11) is 1.33. The SMILES string of the molecule is C=C(C)C(=O)N(CCCOc1ccc(CC(Nc2ccccc2C(=O)c2ccccc2)C(=O)OC)cc1)c1ccccc1F. The number of rotatable bonds is 14. The summed E-state index contributed by atoms with van der Waals surface area (Å²) < 4.78 is 25.3. The number of esters is 1. The Balaban J connectivity index is 1.38. The van der Waals surface area contributed by atoms with Crippen LogP contribution in [-0.4, -0.2) is 44.0 Å². The van der Waals surface area contributed by atoms with Crippen molar-refractivity contribution >= 4 is 29.0 Å². The van der Waals surface area contributed by atoms with Crippen LogP contribution in [0.5, 0.6) is 5.75 Å². The molecule has 0 fully saturated rings. The Morgan fingerprint density at radius 3 is 2.23 bits per heavy atom. The first-order valence-electron chi connectivity index (χ1n) is 14.2. The summed E-state index contributed by atoms with van der Waals surface area (Å²) in [5.41, 5.74) is 2.90. The molecule has 1 N–H and O–H groups in total. The standard InChI is InChI=1S/C36H35FN2O5/c1-25(2)35(41)39(33-17-10-8-15-30(33)37)22-11-23-44-28-20-18-26(19-21-28)24-32(36(42)43-3)38-31-16-9-7-14-29(31)34(40)27-12-5-4-6-13-27/h4-10,12-21,32,38H,1,11,22-24H2,2-3H3. The van der Waals surface area contributed by atoms with Crippen LogP contribution in [0.25, 0.3) is 0 Å². The summed E-state index contributed by atoms with van der Waals surface area (Å²) in [4.78, 5) is 39.9. The van der Waals surface area contributed by atoms with Gasteiger partial charge in [-0.2, -0.15) is 0 Å². The molecule has 0 saturated carbocycles. The highest BCUT2D eigenvalue weighted by Crippen LogP contribution is 2.23. The van der Waals surface area contributed by atoms with E-state index in [-0.39, 0.29) is 23.9 Å². The average molecular weight is 595 g/mol. The van der Waals surface area contributed by atoms with Gasteiger partial charge in [-0.05, 0) is 55.3 Å². The number of para-hydroxylation sites is 2. The van der Waals surface area contributed by atoms with Gasteiger partial charge in [0, 0.05) is 35.4 Å². The fraction of sp³-hybridized carbons (Fsp3) is 0.194. The number of hydrogen-bond donors (Lipinski definition) is 1. The molecule has 0 aromatic heterocycles. The van der Waals surface area contributed by atoms with E-state index in [9.17, 15) is 18.8 Å². The summed E-state index contributed by atoms with van der Waals surface area (Å²) in [5, 5.41) is 3.21. The number of nitrogens with zero attached hydrogens (tertiary/aromatic N) is 1. The van der Waals surface area contributed by atoms with Gasteiger partial charge in [0.25, 0.3) is 5.91 Å². The fourth-order valence-electron chi connectivity index (χ4n) is 4.68. The first kappa shape index (κ1) is 31.7. The number of halogens is 1. The topological polar surface area (TPSA) is 84.9 Å². The zero-order chi connectivity index (χ0) is 31.5. The van der Waals surface area contributed by atoms with E-state index in [1.165, 1.54) is 18.1 Å². The molecule has 7 nitrogen and oxygen atoms in total. The zero-order valence-electron chi connectivity index (χ0n) is 24.8. The number of methoxy groups -OCH3 is 1. The Morgan fingerprint density at radius 2 is 1.55 bits per heavy atom. The van der Waals surface area contributed by atoms with Crippen LogP contribution in [0.3, 0.4) is 0 Å². The van der Waals surface area contributed by atoms with Gasteiger partial charge in [0.1, 0.15) is 17.6 Å². The number of carbonyl (C=O) groups excluding carboxylic acids is 3. The molecule has 0 spiro atoms. The van der Waals surface area contributed by atoms with Gasteiger partial charge in [-0.3, -0.25) is 9.59 Å². The second-order valence-corrected chi connectivity index (χ2v) is 10.2. The number of amides is 1. The lowest BCUT2D eigenvalue weighted by atomic mass is 10.00. The number of hydrogen-bond acceptors (Lipinski definition) is 6. The maximum atomic E-state index is 14.4. The predicted molar refractivity (Wildman–Crippen MR) is 170 cm³/mol. The van der Waals surface area contributed by atoms with Gasteiger partial charge in [-0.15, -0.1) is 0 Å². The molecule has 0 radical (unpaired) electrons. The molecule has 1 atom stereocenters. The molecule has 1 unspecified atom stereocenters. The van der Waals surface area contributed by atoms with Crippen LogP contribution in [-0.2, 0) is 20.7 Å². The molecule has 0 bridgehead atoms. The Morgan fingerprint density at radius 1 is 0.886 bits per heavy atom. The first-order valence-corrected chi connectivity index (χ1v) is 14.2. The smallest absolute Gasteiger partial charge is 0.328 e. The molecule has 0 aliphatic heterocycles. The molecule has 0 heterocycles. The quantitative estimate of drug-likeness (QED) is 0.0764. The molecule has 4 aromatic carbocycles. The van der Waals surface area contributed by atoms with Gasteiger partial charge in [0.15, 0.2) is 5.78 Å². The molecule has 226 valence electrons. The number of ether oxygens (including phenoxy) is 2. The maximum absolute atomic E-state index is 14.4. The van der Waals surface area contributed by atoms with E-state index >= 15 is 0 Å². The molecule has 4 aromatic rings. The van der Waals surface area contributed by atoms with E-state index < -0.39 is 17.8 Å². The Hall–Kier alpha value is -5.24. The summed E-state index contributed by atoms with van der Waals surface area (Å²) in [6.45, 7) is 5.85. The maximum Gasteiger partial charge on any atom is 0.328 e. The largest absolute Gasteiger partial charge is 0.494 e. The lowest BCUT2D eigenvalue weighted by Gasteiger charge is -2.23. The third-order valence-electron chi connectivity index (χ3n) is 6.93. The lowest BCUT2D eigenvalue weighted by Crippen LogP contribution is -2.33. The van der Waals surface area contributed by atoms with Gasteiger partial charge in [-0.1, -0.05) is 73.3 Å². The van der Waals surface area contributed by atoms with Crippen LogP contribution in [0.15, 0.2) is 115 Å². The highest BCUT2D eigenvalue weighted by atomic mass is 19.1. The molecule has 0 saturated heterocycles. The number of benzene rings is 4. The molecule has 0 aliphatic carbocycles. The van der Waals surface area contributed by atoms with Crippen LogP contribution in [0, 0.1) is 5.82 Å². The number of ketones is 1. The van der Waals surface area contributed by atoms with E-state index in [0.717, 1.165) is 5.56 Å². The van der Waals surface area contributed by atoms with E-state index in [2.05, 4.69) is 11.9 Å². The van der Waals surface area contributed by atoms with Crippen molar-refractivity contribution in [2.24, 2.45) is 0 Å². The molecule has 4 rings (SSSR count). The van der Waals surface area contributed by atoms with Crippen molar-refractivity contribution < 1.29 is 28.2 Å². The number of carbonyl (C=O) groups is 3. The molecule has 0 aliphatic rings. The number of anilines is 2. The van der Waals surface area contributed by atoms with E-state index in [0.29, 0.717) is 47.6 Å². The summed E-state index contributed by atoms with van der Waals surface area (Å²) >= 11 is 0.